The normalized spacial score (nSPS) is 10.3. The highest BCUT2D eigenvalue weighted by molar-refractivity contribution is 6.06. The highest BCUT2D eigenvalue weighted by Crippen LogP contribution is 2.24. The molecule has 0 atom stereocenters. The quantitative estimate of drug-likeness (QED) is 0.667. The molecule has 0 bridgehead atoms. The van der Waals surface area contributed by atoms with Crippen molar-refractivity contribution in [3.8, 4) is 5.75 Å². The number of amides is 2. The lowest BCUT2D eigenvalue weighted by Gasteiger charge is -2.11. The first-order valence-electron chi connectivity index (χ1n) is 8.61. The molecule has 138 valence electrons. The molecular formula is C21H20N2O4. The number of furan rings is 1. The average Bonchev–Trinajstić information content (AvgIpc) is 3.21. The summed E-state index contributed by atoms with van der Waals surface area (Å²) in [5, 5.41) is 5.58. The van der Waals surface area contributed by atoms with E-state index in [2.05, 4.69) is 10.6 Å². The van der Waals surface area contributed by atoms with Crippen LogP contribution in [0.3, 0.4) is 0 Å². The van der Waals surface area contributed by atoms with E-state index in [1.165, 1.54) is 0 Å². The Morgan fingerprint density at radius 3 is 2.48 bits per heavy atom. The molecule has 0 saturated carbocycles. The minimum absolute atomic E-state index is 0.282. The zero-order valence-corrected chi connectivity index (χ0v) is 14.9. The van der Waals surface area contributed by atoms with E-state index in [4.69, 9.17) is 9.15 Å². The Balaban J connectivity index is 1.69. The fourth-order valence-electron chi connectivity index (χ4n) is 2.53. The summed E-state index contributed by atoms with van der Waals surface area (Å²) in [4.78, 5) is 24.9. The van der Waals surface area contributed by atoms with Crippen molar-refractivity contribution in [1.82, 2.24) is 5.32 Å². The van der Waals surface area contributed by atoms with Gasteiger partial charge in [0.1, 0.15) is 11.5 Å². The number of benzene rings is 2. The van der Waals surface area contributed by atoms with E-state index in [0.29, 0.717) is 34.9 Å². The largest absolute Gasteiger partial charge is 0.492 e. The van der Waals surface area contributed by atoms with Crippen molar-refractivity contribution < 1.29 is 18.7 Å². The molecule has 27 heavy (non-hydrogen) atoms. The minimum atomic E-state index is -0.317. The third kappa shape index (κ3) is 4.76. The van der Waals surface area contributed by atoms with Crippen LogP contribution in [0.4, 0.5) is 5.69 Å². The molecule has 6 heteroatoms. The molecule has 0 aliphatic rings. The molecule has 0 unspecified atom stereocenters. The number of rotatable bonds is 7. The van der Waals surface area contributed by atoms with E-state index < -0.39 is 0 Å². The molecule has 1 heterocycles. The topological polar surface area (TPSA) is 80.6 Å². The Morgan fingerprint density at radius 2 is 1.74 bits per heavy atom. The molecule has 3 rings (SSSR count). The third-order valence-electron chi connectivity index (χ3n) is 3.83. The van der Waals surface area contributed by atoms with Crippen LogP contribution in [0.15, 0.2) is 71.3 Å². The molecule has 0 saturated heterocycles. The van der Waals surface area contributed by atoms with Crippen LogP contribution in [0, 0.1) is 0 Å². The molecule has 3 aromatic rings. The Hall–Kier alpha value is -3.54. The molecule has 6 nitrogen and oxygen atoms in total. The highest BCUT2D eigenvalue weighted by Gasteiger charge is 2.13. The fourth-order valence-corrected chi connectivity index (χ4v) is 2.53. The average molecular weight is 364 g/mol. The van der Waals surface area contributed by atoms with Crippen LogP contribution >= 0.6 is 0 Å². The van der Waals surface area contributed by atoms with Gasteiger partial charge in [0, 0.05) is 11.1 Å². The van der Waals surface area contributed by atoms with Crippen LogP contribution in [-0.4, -0.2) is 18.4 Å². The standard InChI is InChI=1S/C21H20N2O4/c1-2-26-19-11-4-3-10-18(19)23-21(25)16-8-5-7-15(13-16)20(24)22-14-17-9-6-12-27-17/h3-13H,2,14H2,1H3,(H,22,24)(H,23,25). The third-order valence-corrected chi connectivity index (χ3v) is 3.83. The van der Waals surface area contributed by atoms with Crippen LogP contribution in [0.25, 0.3) is 0 Å². The van der Waals surface area contributed by atoms with Gasteiger partial charge < -0.3 is 19.8 Å². The summed E-state index contributed by atoms with van der Waals surface area (Å²) in [5.41, 5.74) is 1.36. The first kappa shape index (κ1) is 18.3. The number of hydrogen-bond donors (Lipinski definition) is 2. The van der Waals surface area contributed by atoms with Crippen LogP contribution in [0.2, 0.25) is 0 Å². The Labute approximate surface area is 157 Å². The van der Waals surface area contributed by atoms with Gasteiger partial charge in [-0.25, -0.2) is 0 Å². The van der Waals surface area contributed by atoms with Crippen molar-refractivity contribution in [2.24, 2.45) is 0 Å². The molecule has 2 N–H and O–H groups in total. The molecule has 0 aliphatic heterocycles. The van der Waals surface area contributed by atoms with Gasteiger partial charge in [-0.15, -0.1) is 0 Å². The first-order valence-corrected chi connectivity index (χ1v) is 8.61. The van der Waals surface area contributed by atoms with Crippen molar-refractivity contribution in [1.29, 1.82) is 0 Å². The second-order valence-corrected chi connectivity index (χ2v) is 5.73. The van der Waals surface area contributed by atoms with Gasteiger partial charge in [-0.05, 0) is 49.4 Å². The number of carbonyl (C=O) groups is 2. The lowest BCUT2D eigenvalue weighted by molar-refractivity contribution is 0.0948. The number of para-hydroxylation sites is 2. The maximum Gasteiger partial charge on any atom is 0.255 e. The molecule has 0 aliphatic carbocycles. The van der Waals surface area contributed by atoms with Crippen molar-refractivity contribution in [3.05, 3.63) is 83.8 Å². The first-order chi connectivity index (χ1) is 13.2. The second-order valence-electron chi connectivity index (χ2n) is 5.73. The van der Waals surface area contributed by atoms with Gasteiger partial charge >= 0.3 is 0 Å². The number of anilines is 1. The van der Waals surface area contributed by atoms with Crippen molar-refractivity contribution in [3.63, 3.8) is 0 Å². The minimum Gasteiger partial charge on any atom is -0.492 e. The smallest absolute Gasteiger partial charge is 0.255 e. The zero-order valence-electron chi connectivity index (χ0n) is 14.9. The summed E-state index contributed by atoms with van der Waals surface area (Å²) in [6.07, 6.45) is 1.55. The van der Waals surface area contributed by atoms with Crippen molar-refractivity contribution in [2.45, 2.75) is 13.5 Å². The summed E-state index contributed by atoms with van der Waals surface area (Å²) in [6.45, 7) is 2.66. The SMILES string of the molecule is CCOc1ccccc1NC(=O)c1cccc(C(=O)NCc2ccco2)c1. The predicted molar refractivity (Wildman–Crippen MR) is 102 cm³/mol. The molecular weight excluding hydrogens is 344 g/mol. The lowest BCUT2D eigenvalue weighted by atomic mass is 10.1. The van der Waals surface area contributed by atoms with Gasteiger partial charge in [0.25, 0.3) is 11.8 Å². The van der Waals surface area contributed by atoms with Gasteiger partial charge in [0.05, 0.1) is 25.1 Å². The Bertz CT molecular complexity index is 919. The number of carbonyl (C=O) groups excluding carboxylic acids is 2. The van der Waals surface area contributed by atoms with E-state index in [0.717, 1.165) is 0 Å². The number of ether oxygens (including phenoxy) is 1. The van der Waals surface area contributed by atoms with Crippen LogP contribution in [-0.2, 0) is 6.54 Å². The van der Waals surface area contributed by atoms with Gasteiger partial charge in [0.15, 0.2) is 0 Å². The van der Waals surface area contributed by atoms with Gasteiger partial charge in [0.2, 0.25) is 0 Å². The zero-order chi connectivity index (χ0) is 19.1. The monoisotopic (exact) mass is 364 g/mol. The molecule has 2 aromatic carbocycles. The summed E-state index contributed by atoms with van der Waals surface area (Å²) in [5.74, 6) is 0.657. The summed E-state index contributed by atoms with van der Waals surface area (Å²) >= 11 is 0. The van der Waals surface area contributed by atoms with Crippen LogP contribution < -0.4 is 15.4 Å². The highest BCUT2D eigenvalue weighted by atomic mass is 16.5. The molecule has 0 fully saturated rings. The summed E-state index contributed by atoms with van der Waals surface area (Å²) < 4.78 is 10.7. The number of hydrogen-bond acceptors (Lipinski definition) is 4. The maximum absolute atomic E-state index is 12.6. The van der Waals surface area contributed by atoms with E-state index in [1.807, 2.05) is 19.1 Å². The van der Waals surface area contributed by atoms with E-state index >= 15 is 0 Å². The summed E-state index contributed by atoms with van der Waals surface area (Å²) in [7, 11) is 0. The Morgan fingerprint density at radius 1 is 0.963 bits per heavy atom. The van der Waals surface area contributed by atoms with Crippen molar-refractivity contribution >= 4 is 17.5 Å². The van der Waals surface area contributed by atoms with Gasteiger partial charge in [-0.3, -0.25) is 9.59 Å². The maximum atomic E-state index is 12.6. The molecule has 2 amide bonds. The lowest BCUT2D eigenvalue weighted by Crippen LogP contribution is -2.23. The molecule has 1 aromatic heterocycles. The molecule has 0 spiro atoms. The van der Waals surface area contributed by atoms with E-state index in [1.54, 1.807) is 54.8 Å². The van der Waals surface area contributed by atoms with Gasteiger partial charge in [-0.1, -0.05) is 18.2 Å². The van der Waals surface area contributed by atoms with Gasteiger partial charge in [-0.2, -0.15) is 0 Å². The molecule has 0 radical (unpaired) electrons. The summed E-state index contributed by atoms with van der Waals surface area (Å²) in [6, 6.07) is 17.3. The van der Waals surface area contributed by atoms with Crippen molar-refractivity contribution in [2.75, 3.05) is 11.9 Å². The van der Waals surface area contributed by atoms with E-state index in [-0.39, 0.29) is 18.4 Å². The fraction of sp³-hybridized carbons (Fsp3) is 0.143. The number of nitrogens with one attached hydrogen (secondary N) is 2. The van der Waals surface area contributed by atoms with Crippen LogP contribution in [0.5, 0.6) is 5.75 Å². The van der Waals surface area contributed by atoms with E-state index in [9.17, 15) is 9.59 Å². The predicted octanol–water partition coefficient (Wildman–Crippen LogP) is 3.86. The Kier molecular flexibility index (Phi) is 5.89. The second kappa shape index (κ2) is 8.71. The van der Waals surface area contributed by atoms with Crippen LogP contribution in [0.1, 0.15) is 33.4 Å².